The molecule has 1 heterocycles. The number of nitrogens with one attached hydrogen (secondary N) is 1. The second kappa shape index (κ2) is 11.7. The van der Waals surface area contributed by atoms with E-state index < -0.39 is 15.9 Å². The van der Waals surface area contributed by atoms with Gasteiger partial charge in [0.25, 0.3) is 15.9 Å². The lowest BCUT2D eigenvalue weighted by Gasteiger charge is -2.27. The highest BCUT2D eigenvalue weighted by molar-refractivity contribution is 7.92. The molecular weight excluding hydrogens is 528 g/mol. The lowest BCUT2D eigenvalue weighted by atomic mass is 10.1. The van der Waals surface area contributed by atoms with E-state index in [4.69, 9.17) is 14.2 Å². The number of rotatable bonds is 9. The van der Waals surface area contributed by atoms with Crippen LogP contribution >= 0.6 is 0 Å². The molecular formula is C31H30N2O6S. The Morgan fingerprint density at radius 1 is 0.900 bits per heavy atom. The van der Waals surface area contributed by atoms with Crippen molar-refractivity contribution in [2.75, 3.05) is 24.6 Å². The van der Waals surface area contributed by atoms with E-state index >= 15 is 0 Å². The predicted octanol–water partition coefficient (Wildman–Crippen LogP) is 5.35. The van der Waals surface area contributed by atoms with E-state index in [1.165, 1.54) is 23.5 Å². The lowest BCUT2D eigenvalue weighted by molar-refractivity contribution is 0.0940. The zero-order valence-electron chi connectivity index (χ0n) is 22.2. The molecule has 0 bridgehead atoms. The van der Waals surface area contributed by atoms with Crippen molar-refractivity contribution in [2.45, 2.75) is 24.4 Å². The Hall–Kier alpha value is -4.50. The lowest BCUT2D eigenvalue weighted by Crippen LogP contribution is -2.34. The molecule has 0 radical (unpaired) electrons. The fourth-order valence-electron chi connectivity index (χ4n) is 4.49. The third-order valence-electron chi connectivity index (χ3n) is 6.65. The molecule has 1 N–H and O–H groups in total. The number of benzene rings is 4. The molecule has 0 fully saturated rings. The fourth-order valence-corrected chi connectivity index (χ4v) is 5.97. The number of anilines is 1. The van der Waals surface area contributed by atoms with Crippen LogP contribution in [0.25, 0.3) is 0 Å². The van der Waals surface area contributed by atoms with Crippen LogP contribution in [0.3, 0.4) is 0 Å². The van der Waals surface area contributed by atoms with Crippen LogP contribution in [0.5, 0.6) is 17.2 Å². The van der Waals surface area contributed by atoms with Gasteiger partial charge in [-0.3, -0.25) is 9.10 Å². The number of carbonyl (C=O) groups is 1. The molecule has 0 spiro atoms. The smallest absolute Gasteiger partial charge is 0.264 e. The highest BCUT2D eigenvalue weighted by Gasteiger charge is 2.29. The van der Waals surface area contributed by atoms with Crippen LogP contribution in [0.2, 0.25) is 0 Å². The van der Waals surface area contributed by atoms with E-state index in [0.29, 0.717) is 30.5 Å². The van der Waals surface area contributed by atoms with Crippen molar-refractivity contribution in [3.8, 4) is 17.2 Å². The van der Waals surface area contributed by atoms with E-state index in [9.17, 15) is 13.2 Å². The van der Waals surface area contributed by atoms with Crippen molar-refractivity contribution in [2.24, 2.45) is 0 Å². The van der Waals surface area contributed by atoms with Crippen LogP contribution in [0.1, 0.15) is 34.5 Å². The molecule has 9 heteroatoms. The van der Waals surface area contributed by atoms with Gasteiger partial charge >= 0.3 is 0 Å². The van der Waals surface area contributed by atoms with E-state index in [0.717, 1.165) is 11.1 Å². The van der Waals surface area contributed by atoms with Gasteiger partial charge in [0.1, 0.15) is 19.0 Å². The van der Waals surface area contributed by atoms with Gasteiger partial charge in [-0.05, 0) is 66.6 Å². The number of hydrogen-bond donors (Lipinski definition) is 1. The maximum Gasteiger partial charge on any atom is 0.264 e. The molecule has 8 nitrogen and oxygen atoms in total. The predicted molar refractivity (Wildman–Crippen MR) is 153 cm³/mol. The van der Waals surface area contributed by atoms with Crippen molar-refractivity contribution in [1.82, 2.24) is 5.32 Å². The first-order chi connectivity index (χ1) is 19.4. The second-order valence-electron chi connectivity index (χ2n) is 9.29. The van der Waals surface area contributed by atoms with Gasteiger partial charge in [0.2, 0.25) is 0 Å². The largest absolute Gasteiger partial charge is 0.497 e. The van der Waals surface area contributed by atoms with Crippen LogP contribution in [-0.2, 0) is 16.6 Å². The average molecular weight is 559 g/mol. The van der Waals surface area contributed by atoms with Gasteiger partial charge in [0.05, 0.1) is 35.8 Å². The Morgan fingerprint density at radius 3 is 2.30 bits per heavy atom. The maximum atomic E-state index is 14.0. The Labute approximate surface area is 234 Å². The van der Waals surface area contributed by atoms with Gasteiger partial charge in [-0.25, -0.2) is 8.42 Å². The minimum Gasteiger partial charge on any atom is -0.497 e. The van der Waals surface area contributed by atoms with Crippen molar-refractivity contribution in [1.29, 1.82) is 0 Å². The molecule has 4 aromatic carbocycles. The number of carbonyl (C=O) groups excluding carboxylic acids is 1. The summed E-state index contributed by atoms with van der Waals surface area (Å²) in [7, 11) is -2.54. The monoisotopic (exact) mass is 558 g/mol. The van der Waals surface area contributed by atoms with E-state index in [1.54, 1.807) is 36.4 Å². The Bertz CT molecular complexity index is 1590. The summed E-state index contributed by atoms with van der Waals surface area (Å²) < 4.78 is 45.8. The topological polar surface area (TPSA) is 94.2 Å². The first kappa shape index (κ1) is 27.1. The highest BCUT2D eigenvalue weighted by atomic mass is 32.2. The van der Waals surface area contributed by atoms with E-state index in [1.807, 2.05) is 55.5 Å². The summed E-state index contributed by atoms with van der Waals surface area (Å²) in [5.74, 6) is 1.44. The molecule has 206 valence electrons. The first-order valence-corrected chi connectivity index (χ1v) is 14.3. The van der Waals surface area contributed by atoms with Gasteiger partial charge in [-0.15, -0.1) is 0 Å². The minimum absolute atomic E-state index is 0.0389. The molecule has 0 saturated carbocycles. The third-order valence-corrected chi connectivity index (χ3v) is 8.42. The highest BCUT2D eigenvalue weighted by Crippen LogP contribution is 2.34. The maximum absolute atomic E-state index is 14.0. The number of ether oxygens (including phenoxy) is 3. The van der Waals surface area contributed by atoms with E-state index in [-0.39, 0.29) is 28.7 Å². The molecule has 1 unspecified atom stereocenters. The van der Waals surface area contributed by atoms with Crippen LogP contribution in [0.4, 0.5) is 5.69 Å². The molecule has 1 atom stereocenters. The van der Waals surface area contributed by atoms with Crippen molar-refractivity contribution < 1.29 is 27.4 Å². The Kier molecular flexibility index (Phi) is 7.93. The molecule has 5 rings (SSSR count). The van der Waals surface area contributed by atoms with Gasteiger partial charge in [0, 0.05) is 0 Å². The number of fused-ring (bicyclic) bond motifs is 1. The van der Waals surface area contributed by atoms with Gasteiger partial charge in [-0.1, -0.05) is 48.5 Å². The molecule has 4 aromatic rings. The fraction of sp³-hybridized carbons (Fsp3) is 0.194. The van der Waals surface area contributed by atoms with E-state index in [2.05, 4.69) is 5.32 Å². The van der Waals surface area contributed by atoms with Crippen molar-refractivity contribution >= 4 is 21.6 Å². The molecule has 0 aliphatic carbocycles. The summed E-state index contributed by atoms with van der Waals surface area (Å²) in [5, 5.41) is 3.01. The zero-order valence-corrected chi connectivity index (χ0v) is 23.1. The summed E-state index contributed by atoms with van der Waals surface area (Å²) >= 11 is 0. The Balaban J connectivity index is 1.49. The first-order valence-electron chi connectivity index (χ1n) is 12.9. The number of amides is 1. The SMILES string of the molecule is COc1ccc(S(=O)(=O)N(Cc2ccccc2)c2ccccc2C(=O)NC(C)c2ccc3c(c2)OCCO3)cc1. The molecule has 0 aromatic heterocycles. The standard InChI is InChI=1S/C31H30N2O6S/c1-22(24-12-17-29-30(20-24)39-19-18-38-29)32-31(34)27-10-6-7-11-28(27)33(21-23-8-4-3-5-9-23)40(35,36)26-15-13-25(37-2)14-16-26/h3-17,20,22H,18-19,21H2,1-2H3,(H,32,34). The zero-order chi connectivity index (χ0) is 28.1. The summed E-state index contributed by atoms with van der Waals surface area (Å²) in [4.78, 5) is 13.7. The minimum atomic E-state index is -4.06. The van der Waals surface area contributed by atoms with Gasteiger partial charge < -0.3 is 19.5 Å². The molecule has 40 heavy (non-hydrogen) atoms. The molecule has 1 aliphatic heterocycles. The van der Waals surface area contributed by atoms with Gasteiger partial charge in [0.15, 0.2) is 11.5 Å². The van der Waals surface area contributed by atoms with Crippen molar-refractivity contribution in [3.63, 3.8) is 0 Å². The summed E-state index contributed by atoms with van der Waals surface area (Å²) in [6.45, 7) is 2.86. The molecule has 0 saturated heterocycles. The molecule has 1 amide bonds. The van der Waals surface area contributed by atoms with Crippen molar-refractivity contribution in [3.05, 3.63) is 114 Å². The Morgan fingerprint density at radius 2 is 1.57 bits per heavy atom. The van der Waals surface area contributed by atoms with Crippen LogP contribution in [-0.4, -0.2) is 34.6 Å². The normalized spacial score (nSPS) is 13.2. The summed E-state index contributed by atoms with van der Waals surface area (Å²) in [6, 6.07) is 27.3. The van der Waals surface area contributed by atoms with Crippen LogP contribution < -0.4 is 23.8 Å². The number of hydrogen-bond acceptors (Lipinski definition) is 6. The third kappa shape index (κ3) is 5.74. The second-order valence-corrected chi connectivity index (χ2v) is 11.2. The number of para-hydroxylation sites is 1. The van der Waals surface area contributed by atoms with Crippen LogP contribution in [0.15, 0.2) is 102 Å². The average Bonchev–Trinajstić information content (AvgIpc) is 3.00. The summed E-state index contributed by atoms with van der Waals surface area (Å²) in [5.41, 5.74) is 2.12. The molecule has 1 aliphatic rings. The number of sulfonamides is 1. The van der Waals surface area contributed by atoms with Gasteiger partial charge in [-0.2, -0.15) is 0 Å². The quantitative estimate of drug-likeness (QED) is 0.298. The number of nitrogens with zero attached hydrogens (tertiary/aromatic N) is 1. The number of methoxy groups -OCH3 is 1. The van der Waals surface area contributed by atoms with Crippen LogP contribution in [0, 0.1) is 0 Å². The summed E-state index contributed by atoms with van der Waals surface area (Å²) in [6.07, 6.45) is 0.